The number of ether oxygens (including phenoxy) is 1. The Morgan fingerprint density at radius 1 is 1.44 bits per heavy atom. The number of carboxylic acids is 1. The van der Waals surface area contributed by atoms with E-state index in [1.807, 2.05) is 25.1 Å². The summed E-state index contributed by atoms with van der Waals surface area (Å²) in [5, 5.41) is 9.80. The van der Waals surface area contributed by atoms with Gasteiger partial charge in [-0.1, -0.05) is 0 Å². The molecule has 4 nitrogen and oxygen atoms in total. The number of carboxylic acid groups (broad SMARTS) is 1. The van der Waals surface area contributed by atoms with Gasteiger partial charge in [0.05, 0.1) is 7.11 Å². The fraction of sp³-hybridized carbons (Fsp3) is 0.357. The van der Waals surface area contributed by atoms with Crippen molar-refractivity contribution >= 4 is 16.9 Å². The average molecular weight is 247 g/mol. The van der Waals surface area contributed by atoms with Crippen molar-refractivity contribution in [1.82, 2.24) is 4.98 Å². The molecular weight excluding hydrogens is 230 g/mol. The van der Waals surface area contributed by atoms with Gasteiger partial charge in [-0.2, -0.15) is 0 Å². The maximum absolute atomic E-state index is 10.5. The minimum absolute atomic E-state index is 0.204. The van der Waals surface area contributed by atoms with Gasteiger partial charge in [0.15, 0.2) is 0 Å². The van der Waals surface area contributed by atoms with Crippen molar-refractivity contribution in [2.75, 3.05) is 7.11 Å². The van der Waals surface area contributed by atoms with E-state index in [9.17, 15) is 4.79 Å². The number of aryl methyl sites for hydroxylation is 2. The molecule has 1 heterocycles. The van der Waals surface area contributed by atoms with E-state index in [1.54, 1.807) is 7.11 Å². The first-order chi connectivity index (χ1) is 8.61. The number of rotatable bonds is 5. The van der Waals surface area contributed by atoms with Crippen LogP contribution in [0.2, 0.25) is 0 Å². The molecule has 0 bridgehead atoms. The van der Waals surface area contributed by atoms with E-state index in [2.05, 4.69) is 4.98 Å². The van der Waals surface area contributed by atoms with Crippen molar-refractivity contribution in [3.8, 4) is 5.75 Å². The van der Waals surface area contributed by atoms with E-state index >= 15 is 0 Å². The zero-order valence-electron chi connectivity index (χ0n) is 10.6. The second kappa shape index (κ2) is 5.12. The molecule has 4 heteroatoms. The molecule has 2 N–H and O–H groups in total. The molecule has 1 aromatic heterocycles. The van der Waals surface area contributed by atoms with Gasteiger partial charge in [0.1, 0.15) is 5.75 Å². The third-order valence-electron chi connectivity index (χ3n) is 3.14. The Labute approximate surface area is 106 Å². The standard InChI is InChI=1S/C14H17NO3/c1-9-11(4-3-5-14(16)17)12-8-10(18-2)6-7-13(12)15-9/h6-8,15H,3-5H2,1-2H3,(H,16,17). The lowest BCUT2D eigenvalue weighted by molar-refractivity contribution is -0.137. The molecule has 0 aliphatic carbocycles. The summed E-state index contributed by atoms with van der Waals surface area (Å²) < 4.78 is 5.22. The molecule has 1 aromatic carbocycles. The van der Waals surface area contributed by atoms with Gasteiger partial charge >= 0.3 is 5.97 Å². The zero-order chi connectivity index (χ0) is 13.1. The van der Waals surface area contributed by atoms with Crippen LogP contribution in [0.15, 0.2) is 18.2 Å². The number of carbonyl (C=O) groups is 1. The van der Waals surface area contributed by atoms with Gasteiger partial charge in [-0.3, -0.25) is 4.79 Å². The molecule has 0 aliphatic heterocycles. The number of H-pyrrole nitrogens is 1. The molecule has 0 saturated carbocycles. The summed E-state index contributed by atoms with van der Waals surface area (Å²) in [6.07, 6.45) is 1.63. The first-order valence-electron chi connectivity index (χ1n) is 5.99. The predicted octanol–water partition coefficient (Wildman–Crippen LogP) is 2.89. The maximum Gasteiger partial charge on any atom is 0.303 e. The van der Waals surface area contributed by atoms with E-state index in [4.69, 9.17) is 9.84 Å². The van der Waals surface area contributed by atoms with Crippen molar-refractivity contribution in [2.24, 2.45) is 0 Å². The molecule has 0 saturated heterocycles. The normalized spacial score (nSPS) is 10.8. The van der Waals surface area contributed by atoms with Crippen LogP contribution < -0.4 is 4.74 Å². The van der Waals surface area contributed by atoms with E-state index in [0.29, 0.717) is 6.42 Å². The highest BCUT2D eigenvalue weighted by atomic mass is 16.5. The highest BCUT2D eigenvalue weighted by Gasteiger charge is 2.09. The van der Waals surface area contributed by atoms with Crippen molar-refractivity contribution in [1.29, 1.82) is 0 Å². The van der Waals surface area contributed by atoms with Crippen LogP contribution in [0.1, 0.15) is 24.1 Å². The zero-order valence-corrected chi connectivity index (χ0v) is 10.6. The summed E-state index contributed by atoms with van der Waals surface area (Å²) in [4.78, 5) is 13.9. The Bertz CT molecular complexity index is 572. The van der Waals surface area contributed by atoms with Gasteiger partial charge in [-0.05, 0) is 43.5 Å². The number of methoxy groups -OCH3 is 1. The third-order valence-corrected chi connectivity index (χ3v) is 3.14. The molecule has 0 unspecified atom stereocenters. The number of nitrogens with one attached hydrogen (secondary N) is 1. The SMILES string of the molecule is COc1ccc2[nH]c(C)c(CCCC(=O)O)c2c1. The maximum atomic E-state index is 10.5. The molecule has 0 spiro atoms. The van der Waals surface area contributed by atoms with Crippen LogP contribution in [-0.2, 0) is 11.2 Å². The number of aromatic amines is 1. The first kappa shape index (κ1) is 12.5. The summed E-state index contributed by atoms with van der Waals surface area (Å²) >= 11 is 0. The van der Waals surface area contributed by atoms with Gasteiger partial charge in [0, 0.05) is 23.0 Å². The molecule has 0 fully saturated rings. The Morgan fingerprint density at radius 2 is 2.22 bits per heavy atom. The Morgan fingerprint density at radius 3 is 2.89 bits per heavy atom. The van der Waals surface area contributed by atoms with E-state index < -0.39 is 5.97 Å². The number of hydrogen-bond donors (Lipinski definition) is 2. The second-order valence-corrected chi connectivity index (χ2v) is 4.39. The fourth-order valence-electron chi connectivity index (χ4n) is 2.23. The second-order valence-electron chi connectivity index (χ2n) is 4.39. The monoisotopic (exact) mass is 247 g/mol. The highest BCUT2D eigenvalue weighted by Crippen LogP contribution is 2.27. The number of aliphatic carboxylic acids is 1. The number of aromatic nitrogens is 1. The average Bonchev–Trinajstić information content (AvgIpc) is 2.64. The van der Waals surface area contributed by atoms with Crippen molar-refractivity contribution in [2.45, 2.75) is 26.2 Å². The van der Waals surface area contributed by atoms with Gasteiger partial charge in [-0.25, -0.2) is 0 Å². The Hall–Kier alpha value is -1.97. The van der Waals surface area contributed by atoms with E-state index in [1.165, 1.54) is 5.56 Å². The molecule has 18 heavy (non-hydrogen) atoms. The number of hydrogen-bond acceptors (Lipinski definition) is 2. The third kappa shape index (κ3) is 2.47. The van der Waals surface area contributed by atoms with Gasteiger partial charge < -0.3 is 14.8 Å². The van der Waals surface area contributed by atoms with Crippen molar-refractivity contribution in [3.05, 3.63) is 29.5 Å². The molecule has 2 aromatic rings. The van der Waals surface area contributed by atoms with Crippen LogP contribution >= 0.6 is 0 Å². The minimum Gasteiger partial charge on any atom is -0.497 e. The Kier molecular flexibility index (Phi) is 3.55. The van der Waals surface area contributed by atoms with E-state index in [-0.39, 0.29) is 6.42 Å². The molecular formula is C14H17NO3. The smallest absolute Gasteiger partial charge is 0.303 e. The minimum atomic E-state index is -0.745. The van der Waals surface area contributed by atoms with Gasteiger partial charge in [-0.15, -0.1) is 0 Å². The van der Waals surface area contributed by atoms with Crippen LogP contribution in [0.4, 0.5) is 0 Å². The summed E-state index contributed by atoms with van der Waals surface area (Å²) in [7, 11) is 1.64. The van der Waals surface area contributed by atoms with E-state index in [0.717, 1.165) is 28.8 Å². The van der Waals surface area contributed by atoms with Gasteiger partial charge in [0.25, 0.3) is 0 Å². The van der Waals surface area contributed by atoms with Gasteiger partial charge in [0.2, 0.25) is 0 Å². The van der Waals surface area contributed by atoms with Crippen LogP contribution in [0.5, 0.6) is 5.75 Å². The predicted molar refractivity (Wildman–Crippen MR) is 70.2 cm³/mol. The quantitative estimate of drug-likeness (QED) is 0.854. The lowest BCUT2D eigenvalue weighted by Crippen LogP contribution is -1.96. The largest absolute Gasteiger partial charge is 0.497 e. The molecule has 96 valence electrons. The summed E-state index contributed by atoms with van der Waals surface area (Å²) in [6.45, 7) is 2.02. The summed E-state index contributed by atoms with van der Waals surface area (Å²) in [5.41, 5.74) is 3.35. The molecule has 0 atom stereocenters. The van der Waals surface area contributed by atoms with Crippen LogP contribution in [0, 0.1) is 6.92 Å². The molecule has 2 rings (SSSR count). The number of benzene rings is 1. The topological polar surface area (TPSA) is 62.3 Å². The first-order valence-corrected chi connectivity index (χ1v) is 5.99. The summed E-state index contributed by atoms with van der Waals surface area (Å²) in [5.74, 6) is 0.0751. The van der Waals surface area contributed by atoms with Crippen molar-refractivity contribution in [3.63, 3.8) is 0 Å². The lowest BCUT2D eigenvalue weighted by atomic mass is 10.0. The molecule has 0 aliphatic rings. The summed E-state index contributed by atoms with van der Waals surface area (Å²) in [6, 6.07) is 5.90. The lowest BCUT2D eigenvalue weighted by Gasteiger charge is -2.02. The molecule has 0 amide bonds. The molecule has 0 radical (unpaired) electrons. The number of fused-ring (bicyclic) bond motifs is 1. The highest BCUT2D eigenvalue weighted by molar-refractivity contribution is 5.86. The fourth-order valence-corrected chi connectivity index (χ4v) is 2.23. The van der Waals surface area contributed by atoms with Crippen molar-refractivity contribution < 1.29 is 14.6 Å². The Balaban J connectivity index is 2.29. The van der Waals surface area contributed by atoms with Crippen LogP contribution in [0.3, 0.4) is 0 Å². The van der Waals surface area contributed by atoms with Crippen LogP contribution in [-0.4, -0.2) is 23.2 Å². The van der Waals surface area contributed by atoms with Crippen LogP contribution in [0.25, 0.3) is 10.9 Å².